The van der Waals surface area contributed by atoms with E-state index in [0.717, 1.165) is 16.7 Å². The molecule has 6 aromatic rings. The lowest BCUT2D eigenvalue weighted by atomic mass is 9.97. The van der Waals surface area contributed by atoms with Gasteiger partial charge in [0.05, 0.1) is 11.3 Å². The summed E-state index contributed by atoms with van der Waals surface area (Å²) in [7, 11) is 0. The second-order valence-corrected chi connectivity index (χ2v) is 10.5. The van der Waals surface area contributed by atoms with Gasteiger partial charge in [0.25, 0.3) is 5.56 Å². The van der Waals surface area contributed by atoms with Crippen molar-refractivity contribution in [2.75, 3.05) is 0 Å². The first kappa shape index (κ1) is 28.6. The predicted octanol–water partition coefficient (Wildman–Crippen LogP) is 7.40. The number of rotatable bonds is 10. The Bertz CT molecular complexity index is 1960. The van der Waals surface area contributed by atoms with E-state index < -0.39 is 0 Å². The number of hydrogen-bond acceptors (Lipinski definition) is 4. The van der Waals surface area contributed by atoms with Crippen molar-refractivity contribution in [1.29, 1.82) is 0 Å². The van der Waals surface area contributed by atoms with Crippen LogP contribution in [0, 0.1) is 12.7 Å². The van der Waals surface area contributed by atoms with Crippen molar-refractivity contribution >= 4 is 12.2 Å². The maximum atomic E-state index is 14.2. The highest BCUT2D eigenvalue weighted by molar-refractivity contribution is 5.84. The minimum Gasteiger partial charge on any atom is -0.488 e. The van der Waals surface area contributed by atoms with Gasteiger partial charge in [-0.25, -0.2) is 14.1 Å². The Labute approximate surface area is 255 Å². The van der Waals surface area contributed by atoms with Crippen LogP contribution in [0.3, 0.4) is 0 Å². The van der Waals surface area contributed by atoms with E-state index in [4.69, 9.17) is 9.84 Å². The fraction of sp³-hybridized carbons (Fsp3) is 0.108. The molecule has 6 rings (SSSR count). The van der Waals surface area contributed by atoms with Crippen LogP contribution in [0.1, 0.15) is 33.8 Å². The second-order valence-electron chi connectivity index (χ2n) is 10.5. The van der Waals surface area contributed by atoms with Gasteiger partial charge in [-0.05, 0) is 47.9 Å². The summed E-state index contributed by atoms with van der Waals surface area (Å²) in [6.45, 7) is 3.07. The average Bonchev–Trinajstić information content (AvgIpc) is 3.48. The number of para-hydroxylation sites is 1. The van der Waals surface area contributed by atoms with Gasteiger partial charge in [-0.15, -0.1) is 0 Å². The summed E-state index contributed by atoms with van der Waals surface area (Å²) in [4.78, 5) is 18.7. The molecule has 0 fully saturated rings. The van der Waals surface area contributed by atoms with Gasteiger partial charge in [-0.3, -0.25) is 4.79 Å². The predicted molar refractivity (Wildman–Crippen MR) is 172 cm³/mol. The number of benzene rings is 4. The molecule has 0 aliphatic heterocycles. The van der Waals surface area contributed by atoms with E-state index in [9.17, 15) is 9.18 Å². The lowest BCUT2D eigenvalue weighted by Crippen LogP contribution is -2.28. The van der Waals surface area contributed by atoms with E-state index in [0.29, 0.717) is 47.1 Å². The fourth-order valence-electron chi connectivity index (χ4n) is 5.19. The van der Waals surface area contributed by atoms with E-state index in [-0.39, 0.29) is 17.9 Å². The van der Waals surface area contributed by atoms with Crippen LogP contribution in [0.5, 0.6) is 5.75 Å². The van der Waals surface area contributed by atoms with Gasteiger partial charge in [-0.2, -0.15) is 5.10 Å². The zero-order valence-electron chi connectivity index (χ0n) is 24.3. The van der Waals surface area contributed by atoms with Crippen molar-refractivity contribution in [2.45, 2.75) is 26.6 Å². The van der Waals surface area contributed by atoms with Crippen LogP contribution in [-0.4, -0.2) is 19.3 Å². The quantitative estimate of drug-likeness (QED) is 0.169. The van der Waals surface area contributed by atoms with Crippen molar-refractivity contribution < 1.29 is 9.13 Å². The lowest BCUT2D eigenvalue weighted by Gasteiger charge is -2.17. The minimum absolute atomic E-state index is 0.187. The maximum absolute atomic E-state index is 14.2. The second kappa shape index (κ2) is 13.2. The Morgan fingerprint density at radius 2 is 1.55 bits per heavy atom. The highest BCUT2D eigenvalue weighted by atomic mass is 19.1. The zero-order chi connectivity index (χ0) is 30.3. The molecule has 0 unspecified atom stereocenters. The fourth-order valence-corrected chi connectivity index (χ4v) is 5.19. The van der Waals surface area contributed by atoms with Crippen LogP contribution in [-0.2, 0) is 19.7 Å². The van der Waals surface area contributed by atoms with Gasteiger partial charge in [0.1, 0.15) is 30.5 Å². The van der Waals surface area contributed by atoms with Crippen molar-refractivity contribution in [3.05, 3.63) is 172 Å². The molecule has 0 aliphatic carbocycles. The summed E-state index contributed by atoms with van der Waals surface area (Å²) < 4.78 is 23.7. The number of aromatic nitrogens is 4. The summed E-state index contributed by atoms with van der Waals surface area (Å²) >= 11 is 0. The Morgan fingerprint density at radius 3 is 2.32 bits per heavy atom. The number of imidazole rings is 1. The van der Waals surface area contributed by atoms with Crippen LogP contribution < -0.4 is 10.3 Å². The van der Waals surface area contributed by atoms with Gasteiger partial charge >= 0.3 is 0 Å². The molecule has 4 aromatic carbocycles. The molecule has 2 heterocycles. The number of halogens is 1. The number of ether oxygens (including phenoxy) is 1. The van der Waals surface area contributed by atoms with E-state index in [2.05, 4.69) is 17.1 Å². The molecule has 2 aromatic heterocycles. The molecule has 7 heteroatoms. The van der Waals surface area contributed by atoms with Gasteiger partial charge in [0.15, 0.2) is 0 Å². The van der Waals surface area contributed by atoms with Crippen molar-refractivity contribution in [3.8, 4) is 16.9 Å². The summed E-state index contributed by atoms with van der Waals surface area (Å²) in [6.07, 6.45) is 7.12. The van der Waals surface area contributed by atoms with Gasteiger partial charge in [-0.1, -0.05) is 97.1 Å². The van der Waals surface area contributed by atoms with E-state index in [1.807, 2.05) is 90.5 Å². The molecular formula is C37H31FN4O2. The summed E-state index contributed by atoms with van der Waals surface area (Å²) in [5, 5.41) is 4.76. The molecule has 0 spiro atoms. The van der Waals surface area contributed by atoms with Crippen LogP contribution in [0.2, 0.25) is 0 Å². The van der Waals surface area contributed by atoms with Crippen LogP contribution in [0.15, 0.2) is 126 Å². The molecule has 0 atom stereocenters. The third kappa shape index (κ3) is 6.57. The van der Waals surface area contributed by atoms with Crippen molar-refractivity contribution in [2.24, 2.45) is 0 Å². The van der Waals surface area contributed by atoms with E-state index in [1.165, 1.54) is 16.8 Å². The molecule has 0 saturated heterocycles. The number of nitrogens with zero attached hydrogens (tertiary/aromatic N) is 4. The Kier molecular flexibility index (Phi) is 8.55. The van der Waals surface area contributed by atoms with Crippen molar-refractivity contribution in [1.82, 2.24) is 19.3 Å². The Balaban J connectivity index is 1.42. The third-order valence-electron chi connectivity index (χ3n) is 7.34. The zero-order valence-corrected chi connectivity index (χ0v) is 24.3. The highest BCUT2D eigenvalue weighted by Crippen LogP contribution is 2.34. The first-order valence-electron chi connectivity index (χ1n) is 14.4. The highest BCUT2D eigenvalue weighted by Gasteiger charge is 2.19. The molecule has 0 radical (unpaired) electrons. The van der Waals surface area contributed by atoms with Gasteiger partial charge in [0.2, 0.25) is 0 Å². The normalized spacial score (nSPS) is 11.2. The average molecular weight is 583 g/mol. The van der Waals surface area contributed by atoms with Gasteiger partial charge < -0.3 is 9.30 Å². The summed E-state index contributed by atoms with van der Waals surface area (Å²) in [5.41, 5.74) is 5.01. The molecule has 0 bridgehead atoms. The first-order valence-corrected chi connectivity index (χ1v) is 14.4. The van der Waals surface area contributed by atoms with E-state index >= 15 is 0 Å². The third-order valence-corrected chi connectivity index (χ3v) is 7.34. The standard InChI is InChI=1S/C37H31FN4O2/c1-27-36(32-17-8-9-18-34(32)44-26-30-13-6-3-7-14-30)33(20-19-28-15-10-16-31(38)23-28)37(43)42(40-27)25-35-39-21-22-41(35)24-29-11-4-2-5-12-29/h2-23H,24-26H2,1H3. The molecule has 0 saturated carbocycles. The van der Waals surface area contributed by atoms with E-state index in [1.54, 1.807) is 30.5 Å². The molecular weight excluding hydrogens is 551 g/mol. The monoisotopic (exact) mass is 582 g/mol. The Morgan fingerprint density at radius 1 is 0.818 bits per heavy atom. The molecule has 0 amide bonds. The Hall–Kier alpha value is -5.56. The molecule has 218 valence electrons. The molecule has 0 aliphatic rings. The summed E-state index contributed by atoms with van der Waals surface area (Å²) in [6, 6.07) is 33.9. The van der Waals surface area contributed by atoms with Crippen LogP contribution >= 0.6 is 0 Å². The maximum Gasteiger partial charge on any atom is 0.275 e. The lowest BCUT2D eigenvalue weighted by molar-refractivity contribution is 0.307. The largest absolute Gasteiger partial charge is 0.488 e. The van der Waals surface area contributed by atoms with Gasteiger partial charge in [0, 0.05) is 30.1 Å². The van der Waals surface area contributed by atoms with Crippen LogP contribution in [0.25, 0.3) is 23.3 Å². The molecule has 0 N–H and O–H groups in total. The SMILES string of the molecule is Cc1nn(Cc2nccn2Cc2ccccc2)c(=O)c(C=Cc2cccc(F)c2)c1-c1ccccc1OCc1ccccc1. The smallest absolute Gasteiger partial charge is 0.275 e. The minimum atomic E-state index is -0.347. The number of hydrogen-bond donors (Lipinski definition) is 0. The topological polar surface area (TPSA) is 61.9 Å². The molecule has 44 heavy (non-hydrogen) atoms. The molecule has 6 nitrogen and oxygen atoms in total. The number of aryl methyl sites for hydroxylation is 1. The first-order chi connectivity index (χ1) is 21.5. The summed E-state index contributed by atoms with van der Waals surface area (Å²) in [5.74, 6) is 1.00. The van der Waals surface area contributed by atoms with Crippen LogP contribution in [0.4, 0.5) is 4.39 Å². The van der Waals surface area contributed by atoms with Crippen molar-refractivity contribution in [3.63, 3.8) is 0 Å².